The summed E-state index contributed by atoms with van der Waals surface area (Å²) in [6.45, 7) is 8.09. The average molecular weight is 240 g/mol. The zero-order valence-electron chi connectivity index (χ0n) is 10.2. The van der Waals surface area contributed by atoms with Crippen LogP contribution in [0.1, 0.15) is 38.8 Å². The molecule has 88 valence electrons. The predicted octanol–water partition coefficient (Wildman–Crippen LogP) is 3.25. The number of halogens is 1. The van der Waals surface area contributed by atoms with Crippen molar-refractivity contribution in [2.75, 3.05) is 0 Å². The van der Waals surface area contributed by atoms with Gasteiger partial charge in [-0.05, 0) is 45.4 Å². The van der Waals surface area contributed by atoms with Crippen LogP contribution in [0.2, 0.25) is 5.02 Å². The second-order valence-corrected chi connectivity index (χ2v) is 6.14. The minimum absolute atomic E-state index is 0.160. The molecule has 2 nitrogen and oxygen atoms in total. The van der Waals surface area contributed by atoms with Gasteiger partial charge in [-0.1, -0.05) is 11.6 Å². The molecule has 0 aliphatic carbocycles. The highest BCUT2D eigenvalue weighted by atomic mass is 35.5. The van der Waals surface area contributed by atoms with Crippen molar-refractivity contribution in [1.82, 2.24) is 0 Å². The van der Waals surface area contributed by atoms with Crippen LogP contribution in [0.15, 0.2) is 12.1 Å². The van der Waals surface area contributed by atoms with Gasteiger partial charge in [-0.15, -0.1) is 0 Å². The molecule has 1 aromatic carbocycles. The van der Waals surface area contributed by atoms with Crippen molar-refractivity contribution in [3.05, 3.63) is 28.3 Å². The number of ether oxygens (including phenoxy) is 1. The highest BCUT2D eigenvalue weighted by Crippen LogP contribution is 2.42. The lowest BCUT2D eigenvalue weighted by molar-refractivity contribution is 0.136. The molecule has 2 rings (SSSR count). The van der Waals surface area contributed by atoms with E-state index in [0.29, 0.717) is 0 Å². The van der Waals surface area contributed by atoms with Crippen LogP contribution in [0, 0.1) is 0 Å². The van der Waals surface area contributed by atoms with Crippen LogP contribution in [-0.4, -0.2) is 5.60 Å². The van der Waals surface area contributed by atoms with Crippen LogP contribution in [0.25, 0.3) is 0 Å². The number of rotatable bonds is 1. The molecule has 0 fully saturated rings. The quantitative estimate of drug-likeness (QED) is 0.817. The summed E-state index contributed by atoms with van der Waals surface area (Å²) in [6, 6.07) is 3.88. The van der Waals surface area contributed by atoms with Gasteiger partial charge in [-0.3, -0.25) is 0 Å². The zero-order valence-corrected chi connectivity index (χ0v) is 11.0. The number of nitrogens with two attached hydrogens (primary N) is 1. The Balaban J connectivity index is 2.58. The topological polar surface area (TPSA) is 35.2 Å². The number of benzene rings is 1. The molecule has 3 heteroatoms. The van der Waals surface area contributed by atoms with E-state index in [9.17, 15) is 0 Å². The van der Waals surface area contributed by atoms with E-state index in [1.165, 1.54) is 0 Å². The molecule has 2 N–H and O–H groups in total. The lowest BCUT2D eigenvalue weighted by Crippen LogP contribution is -2.30. The van der Waals surface area contributed by atoms with Gasteiger partial charge >= 0.3 is 0 Å². The van der Waals surface area contributed by atoms with Crippen molar-refractivity contribution < 1.29 is 4.74 Å². The van der Waals surface area contributed by atoms with Gasteiger partial charge in [0.1, 0.15) is 11.4 Å². The van der Waals surface area contributed by atoms with Crippen LogP contribution in [0.5, 0.6) is 5.75 Å². The Hall–Kier alpha value is -0.730. The van der Waals surface area contributed by atoms with Crippen molar-refractivity contribution >= 4 is 11.6 Å². The van der Waals surface area contributed by atoms with Gasteiger partial charge in [0.05, 0.1) is 0 Å². The van der Waals surface area contributed by atoms with Gasteiger partial charge in [0.2, 0.25) is 0 Å². The van der Waals surface area contributed by atoms with Crippen LogP contribution in [0.4, 0.5) is 0 Å². The molecule has 1 aliphatic heterocycles. The van der Waals surface area contributed by atoms with E-state index >= 15 is 0 Å². The van der Waals surface area contributed by atoms with Crippen molar-refractivity contribution in [3.8, 4) is 5.75 Å². The van der Waals surface area contributed by atoms with E-state index in [4.69, 9.17) is 22.1 Å². The molecule has 16 heavy (non-hydrogen) atoms. The third kappa shape index (κ3) is 2.04. The Kier molecular flexibility index (Phi) is 2.48. The van der Waals surface area contributed by atoms with Gasteiger partial charge in [-0.2, -0.15) is 0 Å². The molecule has 0 amide bonds. The first-order valence-electron chi connectivity index (χ1n) is 5.50. The summed E-state index contributed by atoms with van der Waals surface area (Å²) in [4.78, 5) is 0. The molecule has 0 aromatic heterocycles. The smallest absolute Gasteiger partial charge is 0.128 e. The lowest BCUT2D eigenvalue weighted by Gasteiger charge is -2.24. The molecule has 0 spiro atoms. The fraction of sp³-hybridized carbons (Fsp3) is 0.538. The molecule has 1 aromatic rings. The van der Waals surface area contributed by atoms with Gasteiger partial charge in [-0.25, -0.2) is 0 Å². The maximum Gasteiger partial charge on any atom is 0.128 e. The molecule has 0 saturated carbocycles. The van der Waals surface area contributed by atoms with E-state index in [1.54, 1.807) is 0 Å². The second kappa shape index (κ2) is 3.38. The largest absolute Gasteiger partial charge is 0.487 e. The molecule has 1 aliphatic rings. The molecular formula is C13H18ClNO. The van der Waals surface area contributed by atoms with Crippen molar-refractivity contribution in [3.63, 3.8) is 0 Å². The Morgan fingerprint density at radius 3 is 2.56 bits per heavy atom. The Labute approximate surface area is 102 Å². The number of fused-ring (bicyclic) bond motifs is 1. The highest BCUT2D eigenvalue weighted by molar-refractivity contribution is 6.30. The molecule has 0 bridgehead atoms. The second-order valence-electron chi connectivity index (χ2n) is 5.70. The molecular weight excluding hydrogens is 222 g/mol. The monoisotopic (exact) mass is 239 g/mol. The summed E-state index contributed by atoms with van der Waals surface area (Å²) in [7, 11) is 0. The van der Waals surface area contributed by atoms with E-state index in [2.05, 4.69) is 13.8 Å². The van der Waals surface area contributed by atoms with Gasteiger partial charge in [0.25, 0.3) is 0 Å². The number of hydrogen-bond acceptors (Lipinski definition) is 2. The summed E-state index contributed by atoms with van der Waals surface area (Å²) in [5.41, 5.74) is 7.70. The van der Waals surface area contributed by atoms with Crippen molar-refractivity contribution in [2.45, 2.75) is 45.3 Å². The maximum atomic E-state index is 6.15. The van der Waals surface area contributed by atoms with E-state index in [-0.39, 0.29) is 5.60 Å². The van der Waals surface area contributed by atoms with Gasteiger partial charge in [0, 0.05) is 22.5 Å². The Bertz CT molecular complexity index is 432. The van der Waals surface area contributed by atoms with Crippen LogP contribution < -0.4 is 10.5 Å². The highest BCUT2D eigenvalue weighted by Gasteiger charge is 2.34. The molecule has 0 atom stereocenters. The summed E-state index contributed by atoms with van der Waals surface area (Å²) in [5.74, 6) is 0.918. The molecule has 0 unspecified atom stereocenters. The van der Waals surface area contributed by atoms with E-state index in [0.717, 1.165) is 28.3 Å². The molecule has 0 radical (unpaired) electrons. The van der Waals surface area contributed by atoms with Crippen LogP contribution in [0.3, 0.4) is 0 Å². The first-order chi connectivity index (χ1) is 7.19. The maximum absolute atomic E-state index is 6.15. The zero-order chi connectivity index (χ0) is 12.1. The fourth-order valence-electron chi connectivity index (χ4n) is 2.15. The normalized spacial score (nSPS) is 18.1. The molecule has 0 saturated heterocycles. The summed E-state index contributed by atoms with van der Waals surface area (Å²) >= 11 is 6.12. The van der Waals surface area contributed by atoms with Crippen LogP contribution >= 0.6 is 11.6 Å². The SMILES string of the molecule is CC1(C)Cc2cc(Cl)cc(C(C)(C)N)c2O1. The van der Waals surface area contributed by atoms with Gasteiger partial charge < -0.3 is 10.5 Å². The summed E-state index contributed by atoms with van der Waals surface area (Å²) in [6.07, 6.45) is 0.881. The van der Waals surface area contributed by atoms with E-state index < -0.39 is 5.54 Å². The predicted molar refractivity (Wildman–Crippen MR) is 67.1 cm³/mol. The van der Waals surface area contributed by atoms with Crippen molar-refractivity contribution in [1.29, 1.82) is 0 Å². The summed E-state index contributed by atoms with van der Waals surface area (Å²) in [5, 5.41) is 0.730. The summed E-state index contributed by atoms with van der Waals surface area (Å²) < 4.78 is 5.97. The number of hydrogen-bond donors (Lipinski definition) is 1. The molecule has 1 heterocycles. The minimum Gasteiger partial charge on any atom is -0.487 e. The van der Waals surface area contributed by atoms with E-state index in [1.807, 2.05) is 26.0 Å². The fourth-order valence-corrected chi connectivity index (χ4v) is 2.39. The standard InChI is InChI=1S/C13H18ClNO/c1-12(2)7-8-5-9(14)6-10(11(8)16-12)13(3,4)15/h5-6H,7,15H2,1-4H3. The Morgan fingerprint density at radius 2 is 2.00 bits per heavy atom. The average Bonchev–Trinajstić information content (AvgIpc) is 2.35. The lowest BCUT2D eigenvalue weighted by atomic mass is 9.92. The first-order valence-corrected chi connectivity index (χ1v) is 5.88. The Morgan fingerprint density at radius 1 is 1.38 bits per heavy atom. The first kappa shape index (κ1) is 11.7. The minimum atomic E-state index is -0.435. The third-order valence-corrected chi connectivity index (χ3v) is 3.04. The van der Waals surface area contributed by atoms with Crippen molar-refractivity contribution in [2.24, 2.45) is 5.73 Å². The van der Waals surface area contributed by atoms with Crippen LogP contribution in [-0.2, 0) is 12.0 Å². The van der Waals surface area contributed by atoms with Gasteiger partial charge in [0.15, 0.2) is 0 Å². The third-order valence-electron chi connectivity index (χ3n) is 2.82.